The zero-order valence-electron chi connectivity index (χ0n) is 7.81. The van der Waals surface area contributed by atoms with Gasteiger partial charge in [-0.1, -0.05) is 15.9 Å². The van der Waals surface area contributed by atoms with Crippen LogP contribution in [0.15, 0.2) is 42.9 Å². The number of halogens is 1. The number of benzene rings is 1. The first-order valence-electron chi connectivity index (χ1n) is 4.15. The van der Waals surface area contributed by atoms with Crippen molar-refractivity contribution < 1.29 is 4.52 Å². The molecule has 0 saturated heterocycles. The number of rotatable bonds is 1. The van der Waals surface area contributed by atoms with E-state index in [0.29, 0.717) is 5.69 Å². The van der Waals surface area contributed by atoms with Gasteiger partial charge in [-0.25, -0.2) is 9.59 Å². The van der Waals surface area contributed by atoms with Gasteiger partial charge in [-0.3, -0.25) is 0 Å². The van der Waals surface area contributed by atoms with E-state index in [9.17, 15) is 9.59 Å². The van der Waals surface area contributed by atoms with Crippen molar-refractivity contribution in [1.82, 2.24) is 9.31 Å². The molecule has 2 rings (SSSR count). The third kappa shape index (κ3) is 1.68. The van der Waals surface area contributed by atoms with Crippen LogP contribution >= 0.6 is 15.9 Å². The Balaban J connectivity index is 2.69. The summed E-state index contributed by atoms with van der Waals surface area (Å²) in [6.45, 7) is 0. The van der Waals surface area contributed by atoms with Crippen LogP contribution in [0.3, 0.4) is 0 Å². The molecule has 0 bridgehead atoms. The summed E-state index contributed by atoms with van der Waals surface area (Å²) in [5, 5.41) is 0. The number of hydrogen-bond donors (Lipinski definition) is 0. The van der Waals surface area contributed by atoms with Crippen molar-refractivity contribution in [3.8, 4) is 5.69 Å². The average Bonchev–Trinajstić information content (AvgIpc) is 2.44. The molecule has 0 aliphatic heterocycles. The van der Waals surface area contributed by atoms with Gasteiger partial charge in [0.2, 0.25) is 0 Å². The van der Waals surface area contributed by atoms with Crippen LogP contribution in [0, 0.1) is 0 Å². The second kappa shape index (κ2) is 3.54. The third-order valence-electron chi connectivity index (χ3n) is 1.94. The van der Waals surface area contributed by atoms with Crippen LogP contribution in [0.4, 0.5) is 0 Å². The molecule has 15 heavy (non-hydrogen) atoms. The van der Waals surface area contributed by atoms with Crippen LogP contribution < -0.4 is 11.4 Å². The van der Waals surface area contributed by atoms with Crippen molar-refractivity contribution in [2.24, 2.45) is 7.05 Å². The lowest BCUT2D eigenvalue weighted by Crippen LogP contribution is -2.26. The average molecular weight is 271 g/mol. The van der Waals surface area contributed by atoms with E-state index in [4.69, 9.17) is 0 Å². The van der Waals surface area contributed by atoms with Crippen molar-refractivity contribution in [2.75, 3.05) is 0 Å². The van der Waals surface area contributed by atoms with E-state index in [1.807, 2.05) is 0 Å². The Bertz CT molecular complexity index is 591. The predicted molar refractivity (Wildman–Crippen MR) is 57.2 cm³/mol. The standard InChI is InChI=1S/C9H7BrN2O3/c1-11-8(13)12(9(14)15-11)7-4-2-6(10)3-5-7/h2-5H,1H3. The molecule has 0 N–H and O–H groups in total. The Kier molecular flexibility index (Phi) is 2.36. The Labute approximate surface area is 92.6 Å². The largest absolute Gasteiger partial charge is 0.447 e. The molecular weight excluding hydrogens is 264 g/mol. The molecule has 0 radical (unpaired) electrons. The van der Waals surface area contributed by atoms with Crippen molar-refractivity contribution in [1.29, 1.82) is 0 Å². The van der Waals surface area contributed by atoms with Gasteiger partial charge in [0, 0.05) is 4.47 Å². The fraction of sp³-hybridized carbons (Fsp3) is 0.111. The molecule has 0 aliphatic carbocycles. The van der Waals surface area contributed by atoms with Gasteiger partial charge in [0.05, 0.1) is 12.7 Å². The predicted octanol–water partition coefficient (Wildman–Crippen LogP) is 0.892. The molecule has 0 unspecified atom stereocenters. The maximum absolute atomic E-state index is 11.5. The smallest absolute Gasteiger partial charge is 0.317 e. The Morgan fingerprint density at radius 3 is 2.27 bits per heavy atom. The van der Waals surface area contributed by atoms with E-state index in [1.54, 1.807) is 24.3 Å². The lowest BCUT2D eigenvalue weighted by atomic mass is 10.3. The fourth-order valence-electron chi connectivity index (χ4n) is 1.22. The van der Waals surface area contributed by atoms with Crippen molar-refractivity contribution in [3.63, 3.8) is 0 Å². The Hall–Kier alpha value is -1.56. The highest BCUT2D eigenvalue weighted by atomic mass is 79.9. The molecule has 5 nitrogen and oxygen atoms in total. The van der Waals surface area contributed by atoms with E-state index in [2.05, 4.69) is 20.5 Å². The van der Waals surface area contributed by atoms with E-state index < -0.39 is 11.4 Å². The number of aryl methyl sites for hydroxylation is 1. The molecule has 0 fully saturated rings. The summed E-state index contributed by atoms with van der Waals surface area (Å²) < 4.78 is 7.36. The highest BCUT2D eigenvalue weighted by Crippen LogP contribution is 2.11. The summed E-state index contributed by atoms with van der Waals surface area (Å²) in [7, 11) is 1.39. The normalized spacial score (nSPS) is 10.5. The quantitative estimate of drug-likeness (QED) is 0.774. The molecule has 0 saturated carbocycles. The second-order valence-electron chi connectivity index (χ2n) is 2.95. The first-order chi connectivity index (χ1) is 7.09. The van der Waals surface area contributed by atoms with Crippen LogP contribution in [0.5, 0.6) is 0 Å². The van der Waals surface area contributed by atoms with Crippen LogP contribution in [0.1, 0.15) is 0 Å². The minimum Gasteiger partial charge on any atom is -0.317 e. The van der Waals surface area contributed by atoms with Gasteiger partial charge in [-0.05, 0) is 24.3 Å². The van der Waals surface area contributed by atoms with E-state index in [0.717, 1.165) is 13.8 Å². The molecule has 78 valence electrons. The lowest BCUT2D eigenvalue weighted by Gasteiger charge is -1.97. The first kappa shape index (κ1) is 9.97. The fourth-order valence-corrected chi connectivity index (χ4v) is 1.49. The molecule has 0 aliphatic rings. The van der Waals surface area contributed by atoms with Gasteiger partial charge in [0.15, 0.2) is 0 Å². The van der Waals surface area contributed by atoms with Crippen LogP contribution in [-0.4, -0.2) is 9.31 Å². The van der Waals surface area contributed by atoms with E-state index in [-0.39, 0.29) is 0 Å². The molecule has 1 heterocycles. The van der Waals surface area contributed by atoms with Crippen molar-refractivity contribution in [2.45, 2.75) is 0 Å². The summed E-state index contributed by atoms with van der Waals surface area (Å²) in [5.41, 5.74) is -0.0140. The van der Waals surface area contributed by atoms with Gasteiger partial charge in [-0.2, -0.15) is 9.31 Å². The Morgan fingerprint density at radius 1 is 1.20 bits per heavy atom. The summed E-state index contributed by atoms with van der Waals surface area (Å²) in [4.78, 5) is 22.8. The maximum atomic E-state index is 11.5. The number of hydrogen-bond acceptors (Lipinski definition) is 3. The molecule has 0 spiro atoms. The molecular formula is C9H7BrN2O3. The zero-order chi connectivity index (χ0) is 11.0. The summed E-state index contributed by atoms with van der Waals surface area (Å²) >= 11 is 3.27. The molecule has 6 heteroatoms. The molecule has 1 aromatic heterocycles. The van der Waals surface area contributed by atoms with Crippen molar-refractivity contribution in [3.05, 3.63) is 49.8 Å². The highest BCUT2D eigenvalue weighted by Gasteiger charge is 2.10. The molecule has 0 amide bonds. The molecule has 0 atom stereocenters. The molecule has 1 aromatic carbocycles. The molecule has 2 aromatic rings. The SMILES string of the molecule is Cn1oc(=O)n(-c2ccc(Br)cc2)c1=O. The Morgan fingerprint density at radius 2 is 1.80 bits per heavy atom. The van der Waals surface area contributed by atoms with Gasteiger partial charge >= 0.3 is 11.4 Å². The van der Waals surface area contributed by atoms with Crippen LogP contribution in [-0.2, 0) is 7.05 Å². The lowest BCUT2D eigenvalue weighted by molar-refractivity contribution is 0.276. The van der Waals surface area contributed by atoms with Gasteiger partial charge in [0.25, 0.3) is 0 Å². The maximum Gasteiger partial charge on any atom is 0.447 e. The first-order valence-corrected chi connectivity index (χ1v) is 4.94. The summed E-state index contributed by atoms with van der Waals surface area (Å²) in [5.74, 6) is -0.690. The summed E-state index contributed by atoms with van der Waals surface area (Å²) in [6, 6.07) is 6.80. The second-order valence-corrected chi connectivity index (χ2v) is 3.86. The zero-order valence-corrected chi connectivity index (χ0v) is 9.39. The minimum atomic E-state index is -0.690. The van der Waals surface area contributed by atoms with Crippen LogP contribution in [0.2, 0.25) is 0 Å². The summed E-state index contributed by atoms with van der Waals surface area (Å²) in [6.07, 6.45) is 0. The van der Waals surface area contributed by atoms with Crippen molar-refractivity contribution >= 4 is 15.9 Å². The van der Waals surface area contributed by atoms with Gasteiger partial charge < -0.3 is 4.52 Å². The highest BCUT2D eigenvalue weighted by molar-refractivity contribution is 9.10. The number of aromatic nitrogens is 2. The van der Waals surface area contributed by atoms with Gasteiger partial charge in [0.1, 0.15) is 0 Å². The van der Waals surface area contributed by atoms with Gasteiger partial charge in [-0.15, -0.1) is 0 Å². The minimum absolute atomic E-state index is 0.484. The third-order valence-corrected chi connectivity index (χ3v) is 2.47. The number of nitrogens with zero attached hydrogens (tertiary/aromatic N) is 2. The topological polar surface area (TPSA) is 57.1 Å². The van der Waals surface area contributed by atoms with E-state index >= 15 is 0 Å². The van der Waals surface area contributed by atoms with E-state index in [1.165, 1.54) is 7.05 Å². The monoisotopic (exact) mass is 270 g/mol. The van der Waals surface area contributed by atoms with Crippen LogP contribution in [0.25, 0.3) is 5.69 Å².